The maximum absolute atomic E-state index is 6.29. The van der Waals surface area contributed by atoms with Crippen LogP contribution in [0, 0.1) is 0 Å². The van der Waals surface area contributed by atoms with Gasteiger partial charge < -0.3 is 5.32 Å². The van der Waals surface area contributed by atoms with Crippen molar-refractivity contribution in [3.8, 4) is 11.3 Å². The summed E-state index contributed by atoms with van der Waals surface area (Å²) in [5.41, 5.74) is 3.31. The molecule has 0 amide bonds. The molecule has 3 nitrogen and oxygen atoms in total. The van der Waals surface area contributed by atoms with E-state index in [1.54, 1.807) is 0 Å². The summed E-state index contributed by atoms with van der Waals surface area (Å²) in [7, 11) is 1.91. The van der Waals surface area contributed by atoms with E-state index in [4.69, 9.17) is 11.6 Å². The van der Waals surface area contributed by atoms with E-state index < -0.39 is 0 Å². The van der Waals surface area contributed by atoms with Crippen LogP contribution in [0.5, 0.6) is 0 Å². The van der Waals surface area contributed by atoms with Crippen molar-refractivity contribution in [1.29, 1.82) is 0 Å². The maximum Gasteiger partial charge on any atom is 0.0685 e. The van der Waals surface area contributed by atoms with Gasteiger partial charge in [0.2, 0.25) is 0 Å². The van der Waals surface area contributed by atoms with Crippen molar-refractivity contribution < 1.29 is 0 Å². The van der Waals surface area contributed by atoms with Gasteiger partial charge in [-0.25, -0.2) is 0 Å². The highest BCUT2D eigenvalue weighted by Gasteiger charge is 2.09. The number of nitrogens with zero attached hydrogens (tertiary/aromatic N) is 2. The van der Waals surface area contributed by atoms with Crippen molar-refractivity contribution in [2.24, 2.45) is 0 Å². The smallest absolute Gasteiger partial charge is 0.0685 e. The lowest BCUT2D eigenvalue weighted by molar-refractivity contribution is 0.538. The van der Waals surface area contributed by atoms with Gasteiger partial charge in [-0.1, -0.05) is 23.7 Å². The highest BCUT2D eigenvalue weighted by Crippen LogP contribution is 2.27. The molecule has 0 aliphatic carbocycles. The maximum atomic E-state index is 6.29. The minimum atomic E-state index is 0.339. The van der Waals surface area contributed by atoms with Crippen LogP contribution in [0.15, 0.2) is 30.5 Å². The zero-order valence-electron chi connectivity index (χ0n) is 10.9. The Bertz CT molecular complexity index is 532. The molecule has 0 aliphatic rings. The fraction of sp³-hybridized carbons (Fsp3) is 0.357. The Hall–Kier alpha value is -1.32. The van der Waals surface area contributed by atoms with Crippen LogP contribution in [-0.2, 0) is 6.54 Å². The number of hydrogen-bond donors (Lipinski definition) is 1. The van der Waals surface area contributed by atoms with E-state index in [1.807, 2.05) is 30.1 Å². The van der Waals surface area contributed by atoms with Gasteiger partial charge in [0.25, 0.3) is 0 Å². The number of benzene rings is 1. The first-order valence-electron chi connectivity index (χ1n) is 6.10. The Morgan fingerprint density at radius 2 is 2.11 bits per heavy atom. The van der Waals surface area contributed by atoms with Gasteiger partial charge in [-0.15, -0.1) is 0 Å². The predicted molar refractivity (Wildman–Crippen MR) is 75.8 cm³/mol. The number of aromatic nitrogens is 2. The minimum Gasteiger partial charge on any atom is -0.316 e. The SMILES string of the molecule is CNCc1ccc(-c2ccnn2C(C)C)cc1Cl. The van der Waals surface area contributed by atoms with E-state index in [0.717, 1.165) is 28.4 Å². The second-order valence-corrected chi connectivity index (χ2v) is 5.00. The standard InChI is InChI=1S/C14H18ClN3/c1-10(2)18-14(6-7-17-18)11-4-5-12(9-16-3)13(15)8-11/h4-8,10,16H,9H2,1-3H3. The molecular weight excluding hydrogens is 246 g/mol. The second kappa shape index (κ2) is 5.55. The van der Waals surface area contributed by atoms with Crippen LogP contribution in [0.25, 0.3) is 11.3 Å². The Kier molecular flexibility index (Phi) is 4.04. The Morgan fingerprint density at radius 3 is 2.72 bits per heavy atom. The topological polar surface area (TPSA) is 29.9 Å². The van der Waals surface area contributed by atoms with Crippen LogP contribution in [0.4, 0.5) is 0 Å². The summed E-state index contributed by atoms with van der Waals surface area (Å²) in [6.45, 7) is 5.02. The van der Waals surface area contributed by atoms with Gasteiger partial charge in [0.1, 0.15) is 0 Å². The molecule has 0 saturated carbocycles. The van der Waals surface area contributed by atoms with E-state index in [0.29, 0.717) is 6.04 Å². The molecule has 96 valence electrons. The predicted octanol–water partition coefficient (Wildman–Crippen LogP) is 3.50. The van der Waals surface area contributed by atoms with Crippen LogP contribution in [-0.4, -0.2) is 16.8 Å². The van der Waals surface area contributed by atoms with Crippen LogP contribution in [0.1, 0.15) is 25.5 Å². The van der Waals surface area contributed by atoms with E-state index in [2.05, 4.69) is 36.4 Å². The van der Waals surface area contributed by atoms with Crippen molar-refractivity contribution >= 4 is 11.6 Å². The van der Waals surface area contributed by atoms with Gasteiger partial charge in [0.05, 0.1) is 5.69 Å². The van der Waals surface area contributed by atoms with Gasteiger partial charge in [-0.05, 0) is 38.6 Å². The summed E-state index contributed by atoms with van der Waals surface area (Å²) in [4.78, 5) is 0. The van der Waals surface area contributed by atoms with E-state index >= 15 is 0 Å². The highest BCUT2D eigenvalue weighted by atomic mass is 35.5. The Labute approximate surface area is 113 Å². The highest BCUT2D eigenvalue weighted by molar-refractivity contribution is 6.31. The monoisotopic (exact) mass is 263 g/mol. The third-order valence-corrected chi connectivity index (χ3v) is 3.23. The number of hydrogen-bond acceptors (Lipinski definition) is 2. The van der Waals surface area contributed by atoms with E-state index in [-0.39, 0.29) is 0 Å². The molecule has 0 saturated heterocycles. The summed E-state index contributed by atoms with van der Waals surface area (Å²) in [5.74, 6) is 0. The van der Waals surface area contributed by atoms with Gasteiger partial charge >= 0.3 is 0 Å². The van der Waals surface area contributed by atoms with Crippen molar-refractivity contribution in [3.63, 3.8) is 0 Å². The summed E-state index contributed by atoms with van der Waals surface area (Å²) in [6, 6.07) is 8.51. The molecule has 0 radical (unpaired) electrons. The quantitative estimate of drug-likeness (QED) is 0.915. The first-order chi connectivity index (χ1) is 8.63. The van der Waals surface area contributed by atoms with Crippen molar-refractivity contribution in [1.82, 2.24) is 15.1 Å². The van der Waals surface area contributed by atoms with Gasteiger partial charge in [-0.3, -0.25) is 4.68 Å². The van der Waals surface area contributed by atoms with Crippen LogP contribution < -0.4 is 5.32 Å². The van der Waals surface area contributed by atoms with Crippen molar-refractivity contribution in [2.75, 3.05) is 7.05 Å². The molecule has 1 aromatic heterocycles. The van der Waals surface area contributed by atoms with Crippen LogP contribution in [0.2, 0.25) is 5.02 Å². The number of halogens is 1. The van der Waals surface area contributed by atoms with E-state index in [9.17, 15) is 0 Å². The number of rotatable bonds is 4. The molecule has 2 rings (SSSR count). The molecule has 1 heterocycles. The molecular formula is C14H18ClN3. The third-order valence-electron chi connectivity index (χ3n) is 2.88. The molecule has 1 N–H and O–H groups in total. The van der Waals surface area contributed by atoms with Crippen LogP contribution in [0.3, 0.4) is 0 Å². The largest absolute Gasteiger partial charge is 0.316 e. The summed E-state index contributed by atoms with van der Waals surface area (Å²) in [5, 5.41) is 8.24. The van der Waals surface area contributed by atoms with E-state index in [1.165, 1.54) is 0 Å². The molecule has 0 spiro atoms. The molecule has 18 heavy (non-hydrogen) atoms. The summed E-state index contributed by atoms with van der Waals surface area (Å²) < 4.78 is 2.00. The Balaban J connectivity index is 2.39. The lowest BCUT2D eigenvalue weighted by Crippen LogP contribution is -2.06. The molecule has 0 fully saturated rings. The fourth-order valence-electron chi connectivity index (χ4n) is 1.99. The van der Waals surface area contributed by atoms with Gasteiger partial charge in [-0.2, -0.15) is 5.10 Å². The fourth-order valence-corrected chi connectivity index (χ4v) is 2.24. The third kappa shape index (κ3) is 2.57. The average molecular weight is 264 g/mol. The first-order valence-corrected chi connectivity index (χ1v) is 6.48. The van der Waals surface area contributed by atoms with Crippen molar-refractivity contribution in [2.45, 2.75) is 26.4 Å². The lowest BCUT2D eigenvalue weighted by atomic mass is 10.1. The summed E-state index contributed by atoms with van der Waals surface area (Å²) in [6.07, 6.45) is 1.82. The van der Waals surface area contributed by atoms with Crippen molar-refractivity contribution in [3.05, 3.63) is 41.0 Å². The van der Waals surface area contributed by atoms with Crippen LogP contribution >= 0.6 is 11.6 Å². The average Bonchev–Trinajstić information content (AvgIpc) is 2.81. The second-order valence-electron chi connectivity index (χ2n) is 4.59. The minimum absolute atomic E-state index is 0.339. The molecule has 0 unspecified atom stereocenters. The zero-order chi connectivity index (χ0) is 13.1. The molecule has 0 aliphatic heterocycles. The van der Waals surface area contributed by atoms with Gasteiger partial charge in [0.15, 0.2) is 0 Å². The zero-order valence-corrected chi connectivity index (χ0v) is 11.7. The normalized spacial score (nSPS) is 11.2. The summed E-state index contributed by atoms with van der Waals surface area (Å²) >= 11 is 6.29. The molecule has 4 heteroatoms. The number of nitrogens with one attached hydrogen (secondary N) is 1. The molecule has 0 atom stereocenters. The molecule has 0 bridgehead atoms. The molecule has 2 aromatic rings. The molecule has 1 aromatic carbocycles. The van der Waals surface area contributed by atoms with Gasteiger partial charge in [0, 0.05) is 29.4 Å². The Morgan fingerprint density at radius 1 is 1.33 bits per heavy atom. The lowest BCUT2D eigenvalue weighted by Gasteiger charge is -2.12. The first kappa shape index (κ1) is 13.1.